The van der Waals surface area contributed by atoms with E-state index in [1.165, 1.54) is 6.07 Å². The van der Waals surface area contributed by atoms with Crippen molar-refractivity contribution in [1.82, 2.24) is 5.32 Å². The predicted molar refractivity (Wildman–Crippen MR) is 87.6 cm³/mol. The molecule has 0 bridgehead atoms. The van der Waals surface area contributed by atoms with Gasteiger partial charge >= 0.3 is 0 Å². The highest BCUT2D eigenvalue weighted by Gasteiger charge is 2.07. The molecule has 0 heterocycles. The van der Waals surface area contributed by atoms with Crippen molar-refractivity contribution in [3.63, 3.8) is 0 Å². The number of halogens is 3. The van der Waals surface area contributed by atoms with Gasteiger partial charge in [0.1, 0.15) is 5.75 Å². The minimum absolute atomic E-state index is 0.172. The Morgan fingerprint density at radius 3 is 2.71 bits per heavy atom. The first kappa shape index (κ1) is 16.3. The van der Waals surface area contributed by atoms with Crippen LogP contribution in [0.25, 0.3) is 0 Å². The van der Waals surface area contributed by atoms with Crippen LogP contribution in [0.2, 0.25) is 5.02 Å². The van der Waals surface area contributed by atoms with Crippen molar-refractivity contribution < 1.29 is 9.13 Å². The molecule has 0 fully saturated rings. The maximum absolute atomic E-state index is 13.7. The predicted octanol–water partition coefficient (Wildman–Crippen LogP) is 5.53. The summed E-state index contributed by atoms with van der Waals surface area (Å²) in [6, 6.07) is 10.0. The lowest BCUT2D eigenvalue weighted by atomic mass is 10.2. The first-order valence-electron chi connectivity index (χ1n) is 6.72. The van der Waals surface area contributed by atoms with E-state index in [1.54, 1.807) is 24.3 Å². The van der Waals surface area contributed by atoms with Gasteiger partial charge in [0.25, 0.3) is 0 Å². The van der Waals surface area contributed by atoms with Crippen molar-refractivity contribution in [2.45, 2.75) is 19.9 Å². The van der Waals surface area contributed by atoms with Crippen LogP contribution in [0.3, 0.4) is 0 Å². The second-order valence-corrected chi connectivity index (χ2v) is 5.93. The van der Waals surface area contributed by atoms with Gasteiger partial charge in [-0.1, -0.05) is 40.5 Å². The average molecular weight is 373 g/mol. The molecule has 0 radical (unpaired) electrons. The van der Waals surface area contributed by atoms with Crippen LogP contribution in [0.4, 0.5) is 4.39 Å². The van der Waals surface area contributed by atoms with E-state index in [9.17, 15) is 4.39 Å². The number of nitrogens with one attached hydrogen (secondary N) is 1. The van der Waals surface area contributed by atoms with Gasteiger partial charge in [0, 0.05) is 16.0 Å². The zero-order valence-corrected chi connectivity index (χ0v) is 14.0. The summed E-state index contributed by atoms with van der Waals surface area (Å²) < 4.78 is 19.9. The van der Waals surface area contributed by atoms with Gasteiger partial charge in [0.2, 0.25) is 0 Å². The fourth-order valence-corrected chi connectivity index (χ4v) is 2.39. The van der Waals surface area contributed by atoms with Gasteiger partial charge in [-0.3, -0.25) is 0 Å². The first-order valence-corrected chi connectivity index (χ1v) is 7.89. The van der Waals surface area contributed by atoms with Gasteiger partial charge in [-0.2, -0.15) is 0 Å². The van der Waals surface area contributed by atoms with E-state index >= 15 is 0 Å². The number of rotatable bonds is 6. The second-order valence-electron chi connectivity index (χ2n) is 4.61. The Labute approximate surface area is 137 Å². The van der Waals surface area contributed by atoms with Crippen LogP contribution in [0, 0.1) is 5.82 Å². The molecule has 0 aliphatic rings. The van der Waals surface area contributed by atoms with Gasteiger partial charge < -0.3 is 10.1 Å². The highest BCUT2D eigenvalue weighted by atomic mass is 79.9. The van der Waals surface area contributed by atoms with E-state index in [-0.39, 0.29) is 5.75 Å². The normalized spacial score (nSPS) is 10.7. The van der Waals surface area contributed by atoms with Crippen LogP contribution in [-0.4, -0.2) is 6.54 Å². The molecule has 2 nitrogen and oxygen atoms in total. The molecule has 0 aromatic heterocycles. The van der Waals surface area contributed by atoms with Crippen LogP contribution >= 0.6 is 27.5 Å². The Kier molecular flexibility index (Phi) is 6.03. The van der Waals surface area contributed by atoms with E-state index in [2.05, 4.69) is 28.2 Å². The molecular formula is C16H16BrClFNO. The van der Waals surface area contributed by atoms with Crippen LogP contribution in [0.5, 0.6) is 11.5 Å². The standard InChI is InChI=1S/C16H16BrClFNO/c1-2-7-20-10-11-3-5-13(9-14(11)18)21-16-6-4-12(17)8-15(16)19/h3-6,8-9,20H,2,7,10H2,1H3. The molecule has 0 amide bonds. The third-order valence-corrected chi connectivity index (χ3v) is 3.73. The zero-order chi connectivity index (χ0) is 15.2. The Balaban J connectivity index is 2.09. The summed E-state index contributed by atoms with van der Waals surface area (Å²) in [5.41, 5.74) is 0.994. The maximum atomic E-state index is 13.7. The molecule has 2 rings (SSSR count). The lowest BCUT2D eigenvalue weighted by Gasteiger charge is -2.10. The molecule has 0 saturated heterocycles. The molecule has 0 spiro atoms. The van der Waals surface area contributed by atoms with E-state index in [0.29, 0.717) is 21.8 Å². The fourth-order valence-electron chi connectivity index (χ4n) is 1.82. The highest BCUT2D eigenvalue weighted by Crippen LogP contribution is 2.29. The summed E-state index contributed by atoms with van der Waals surface area (Å²) in [7, 11) is 0. The lowest BCUT2D eigenvalue weighted by molar-refractivity contribution is 0.442. The van der Waals surface area contributed by atoms with Crippen LogP contribution in [-0.2, 0) is 6.54 Å². The van der Waals surface area contributed by atoms with Gasteiger partial charge in [0.05, 0.1) is 0 Å². The lowest BCUT2D eigenvalue weighted by Crippen LogP contribution is -2.13. The summed E-state index contributed by atoms with van der Waals surface area (Å²) in [4.78, 5) is 0. The van der Waals surface area contributed by atoms with E-state index in [4.69, 9.17) is 16.3 Å². The number of hydrogen-bond acceptors (Lipinski definition) is 2. The number of ether oxygens (including phenoxy) is 1. The molecule has 2 aromatic rings. The Hall–Kier alpha value is -1.10. The van der Waals surface area contributed by atoms with E-state index in [0.717, 1.165) is 18.5 Å². The zero-order valence-electron chi connectivity index (χ0n) is 11.6. The monoisotopic (exact) mass is 371 g/mol. The summed E-state index contributed by atoms with van der Waals surface area (Å²) in [5, 5.41) is 3.89. The first-order chi connectivity index (χ1) is 10.1. The molecule has 2 aromatic carbocycles. The largest absolute Gasteiger partial charge is 0.454 e. The Morgan fingerprint density at radius 1 is 1.24 bits per heavy atom. The number of hydrogen-bond donors (Lipinski definition) is 1. The van der Waals surface area contributed by atoms with Crippen molar-refractivity contribution in [2.24, 2.45) is 0 Å². The molecule has 1 N–H and O–H groups in total. The quantitative estimate of drug-likeness (QED) is 0.673. The minimum Gasteiger partial charge on any atom is -0.454 e. The Bertz CT molecular complexity index is 621. The molecule has 0 saturated carbocycles. The summed E-state index contributed by atoms with van der Waals surface area (Å²) in [6.07, 6.45) is 1.07. The van der Waals surface area contributed by atoms with E-state index < -0.39 is 5.82 Å². The van der Waals surface area contributed by atoms with Gasteiger partial charge in [-0.25, -0.2) is 4.39 Å². The van der Waals surface area contributed by atoms with Crippen molar-refractivity contribution >= 4 is 27.5 Å². The van der Waals surface area contributed by atoms with Crippen molar-refractivity contribution in [3.05, 3.63) is 57.3 Å². The smallest absolute Gasteiger partial charge is 0.166 e. The van der Waals surface area contributed by atoms with Gasteiger partial charge in [-0.05, 0) is 48.9 Å². The minimum atomic E-state index is -0.422. The van der Waals surface area contributed by atoms with Crippen LogP contribution in [0.1, 0.15) is 18.9 Å². The molecule has 0 unspecified atom stereocenters. The van der Waals surface area contributed by atoms with Gasteiger partial charge in [-0.15, -0.1) is 0 Å². The summed E-state index contributed by atoms with van der Waals surface area (Å²) >= 11 is 9.43. The topological polar surface area (TPSA) is 21.3 Å². The second kappa shape index (κ2) is 7.78. The fraction of sp³-hybridized carbons (Fsp3) is 0.250. The third kappa shape index (κ3) is 4.70. The molecule has 0 aliphatic heterocycles. The summed E-state index contributed by atoms with van der Waals surface area (Å²) in [6.45, 7) is 3.76. The van der Waals surface area contributed by atoms with E-state index in [1.807, 2.05) is 6.07 Å². The molecular weight excluding hydrogens is 357 g/mol. The molecule has 0 aliphatic carbocycles. The van der Waals surface area contributed by atoms with Crippen molar-refractivity contribution in [3.8, 4) is 11.5 Å². The molecule has 5 heteroatoms. The third-order valence-electron chi connectivity index (χ3n) is 2.89. The maximum Gasteiger partial charge on any atom is 0.166 e. The van der Waals surface area contributed by atoms with Crippen molar-refractivity contribution in [2.75, 3.05) is 6.54 Å². The molecule has 21 heavy (non-hydrogen) atoms. The van der Waals surface area contributed by atoms with Crippen LogP contribution in [0.15, 0.2) is 40.9 Å². The average Bonchev–Trinajstić information content (AvgIpc) is 2.44. The SMILES string of the molecule is CCCNCc1ccc(Oc2ccc(Br)cc2F)cc1Cl. The number of benzene rings is 2. The Morgan fingerprint density at radius 2 is 2.05 bits per heavy atom. The van der Waals surface area contributed by atoms with Gasteiger partial charge in [0.15, 0.2) is 11.6 Å². The highest BCUT2D eigenvalue weighted by molar-refractivity contribution is 9.10. The molecule has 112 valence electrons. The molecule has 0 atom stereocenters. The van der Waals surface area contributed by atoms with Crippen molar-refractivity contribution in [1.29, 1.82) is 0 Å². The summed E-state index contributed by atoms with van der Waals surface area (Å²) in [5.74, 6) is 0.265. The van der Waals surface area contributed by atoms with Crippen LogP contribution < -0.4 is 10.1 Å².